The van der Waals surface area contributed by atoms with Gasteiger partial charge in [-0.3, -0.25) is 0 Å². The number of benzene rings is 1. The van der Waals surface area contributed by atoms with E-state index in [0.29, 0.717) is 6.07 Å². The van der Waals surface area contributed by atoms with Gasteiger partial charge in [-0.25, -0.2) is 4.98 Å². The van der Waals surface area contributed by atoms with Gasteiger partial charge in [0.25, 0.3) is 0 Å². The van der Waals surface area contributed by atoms with E-state index in [9.17, 15) is 26.3 Å². The Morgan fingerprint density at radius 1 is 0.762 bits per heavy atom. The Balaban J connectivity index is 2.47. The first-order valence-corrected chi connectivity index (χ1v) is 5.60. The first-order valence-electron chi connectivity index (χ1n) is 5.60. The quantitative estimate of drug-likeness (QED) is 0.795. The van der Waals surface area contributed by atoms with Crippen LogP contribution in [0.1, 0.15) is 11.3 Å². The van der Waals surface area contributed by atoms with E-state index in [4.69, 9.17) is 5.73 Å². The van der Waals surface area contributed by atoms with E-state index in [2.05, 4.69) is 4.98 Å². The topological polar surface area (TPSA) is 38.9 Å². The van der Waals surface area contributed by atoms with Gasteiger partial charge < -0.3 is 5.73 Å². The number of pyridine rings is 1. The van der Waals surface area contributed by atoms with E-state index in [0.717, 1.165) is 30.3 Å². The van der Waals surface area contributed by atoms with Gasteiger partial charge in [-0.05, 0) is 24.3 Å². The molecular weight excluding hydrogens is 298 g/mol. The number of halogens is 6. The highest BCUT2D eigenvalue weighted by atomic mass is 19.4. The Kier molecular flexibility index (Phi) is 3.56. The first kappa shape index (κ1) is 15.1. The van der Waals surface area contributed by atoms with Gasteiger partial charge in [0.05, 0.1) is 16.9 Å². The van der Waals surface area contributed by atoms with E-state index < -0.39 is 23.6 Å². The summed E-state index contributed by atoms with van der Waals surface area (Å²) in [5, 5.41) is 0. The maximum Gasteiger partial charge on any atom is 0.433 e. The van der Waals surface area contributed by atoms with Gasteiger partial charge in [-0.2, -0.15) is 26.3 Å². The fourth-order valence-electron chi connectivity index (χ4n) is 1.68. The van der Waals surface area contributed by atoms with E-state index >= 15 is 0 Å². The molecule has 1 aromatic heterocycles. The SMILES string of the molecule is Nc1ccc(C(F)(F)F)nc1-c1ccc(C(F)(F)F)cc1. The maximum absolute atomic E-state index is 12.6. The van der Waals surface area contributed by atoms with Crippen molar-refractivity contribution < 1.29 is 26.3 Å². The zero-order chi connectivity index (χ0) is 15.8. The van der Waals surface area contributed by atoms with Crippen LogP contribution in [-0.4, -0.2) is 4.98 Å². The molecule has 0 bridgehead atoms. The summed E-state index contributed by atoms with van der Waals surface area (Å²) in [6.45, 7) is 0. The number of alkyl halides is 6. The average molecular weight is 306 g/mol. The summed E-state index contributed by atoms with van der Waals surface area (Å²) in [6.07, 6.45) is -9.18. The summed E-state index contributed by atoms with van der Waals surface area (Å²) in [5.74, 6) is 0. The predicted molar refractivity (Wildman–Crippen MR) is 64.1 cm³/mol. The van der Waals surface area contributed by atoms with Crippen LogP contribution >= 0.6 is 0 Å². The van der Waals surface area contributed by atoms with Gasteiger partial charge in [0.15, 0.2) is 0 Å². The molecule has 2 nitrogen and oxygen atoms in total. The van der Waals surface area contributed by atoms with E-state index in [1.165, 1.54) is 0 Å². The molecule has 112 valence electrons. The molecule has 21 heavy (non-hydrogen) atoms. The van der Waals surface area contributed by atoms with Crippen molar-refractivity contribution in [2.24, 2.45) is 0 Å². The van der Waals surface area contributed by atoms with Crippen molar-refractivity contribution in [3.8, 4) is 11.3 Å². The normalized spacial score (nSPS) is 12.5. The minimum absolute atomic E-state index is 0.0530. The fourth-order valence-corrected chi connectivity index (χ4v) is 1.68. The molecule has 0 aliphatic heterocycles. The maximum atomic E-state index is 12.6. The van der Waals surface area contributed by atoms with Gasteiger partial charge in [0.2, 0.25) is 0 Å². The molecule has 8 heteroatoms. The van der Waals surface area contributed by atoms with Crippen LogP contribution in [0.25, 0.3) is 11.3 Å². The number of nitrogen functional groups attached to an aromatic ring is 1. The van der Waals surface area contributed by atoms with E-state index in [1.54, 1.807) is 0 Å². The second-order valence-corrected chi connectivity index (χ2v) is 4.21. The van der Waals surface area contributed by atoms with Crippen LogP contribution < -0.4 is 5.73 Å². The van der Waals surface area contributed by atoms with Gasteiger partial charge >= 0.3 is 12.4 Å². The van der Waals surface area contributed by atoms with Crippen LogP contribution in [0.3, 0.4) is 0 Å². The number of hydrogen-bond acceptors (Lipinski definition) is 2. The summed E-state index contributed by atoms with van der Waals surface area (Å²) in [7, 11) is 0. The molecule has 0 aliphatic carbocycles. The van der Waals surface area contributed by atoms with E-state index in [-0.39, 0.29) is 16.9 Å². The van der Waals surface area contributed by atoms with Crippen LogP contribution in [0.15, 0.2) is 36.4 Å². The van der Waals surface area contributed by atoms with Gasteiger partial charge in [0, 0.05) is 5.56 Å². The molecule has 0 saturated carbocycles. The minimum Gasteiger partial charge on any atom is -0.397 e. The summed E-state index contributed by atoms with van der Waals surface area (Å²) >= 11 is 0. The summed E-state index contributed by atoms with van der Waals surface area (Å²) in [5.41, 5.74) is 3.28. The van der Waals surface area contributed by atoms with Crippen LogP contribution in [0.4, 0.5) is 32.0 Å². The zero-order valence-corrected chi connectivity index (χ0v) is 10.3. The first-order chi connectivity index (χ1) is 9.59. The lowest BCUT2D eigenvalue weighted by Gasteiger charge is -2.11. The molecule has 0 saturated heterocycles. The molecule has 0 amide bonds. The monoisotopic (exact) mass is 306 g/mol. The number of nitrogens with two attached hydrogens (primary N) is 1. The van der Waals surface area contributed by atoms with Crippen molar-refractivity contribution in [2.45, 2.75) is 12.4 Å². The summed E-state index contributed by atoms with van der Waals surface area (Å²) in [4.78, 5) is 3.37. The number of anilines is 1. The van der Waals surface area contributed by atoms with Crippen molar-refractivity contribution in [3.05, 3.63) is 47.7 Å². The zero-order valence-electron chi connectivity index (χ0n) is 10.3. The molecule has 0 fully saturated rings. The Labute approximate surface area is 115 Å². The number of hydrogen-bond donors (Lipinski definition) is 1. The lowest BCUT2D eigenvalue weighted by atomic mass is 10.1. The second-order valence-electron chi connectivity index (χ2n) is 4.21. The Morgan fingerprint density at radius 2 is 1.33 bits per heavy atom. The van der Waals surface area contributed by atoms with Crippen molar-refractivity contribution in [1.29, 1.82) is 0 Å². The van der Waals surface area contributed by atoms with Gasteiger partial charge in [-0.1, -0.05) is 12.1 Å². The third-order valence-electron chi connectivity index (χ3n) is 2.70. The molecule has 0 radical (unpaired) electrons. The molecule has 0 aliphatic rings. The molecule has 0 spiro atoms. The predicted octanol–water partition coefficient (Wildman–Crippen LogP) is 4.37. The largest absolute Gasteiger partial charge is 0.433 e. The van der Waals surface area contributed by atoms with Crippen LogP contribution in [0.2, 0.25) is 0 Å². The average Bonchev–Trinajstić information content (AvgIpc) is 2.37. The molecule has 0 unspecified atom stereocenters. The van der Waals surface area contributed by atoms with Crippen LogP contribution in [0.5, 0.6) is 0 Å². The van der Waals surface area contributed by atoms with Crippen LogP contribution in [0, 0.1) is 0 Å². The lowest BCUT2D eigenvalue weighted by Crippen LogP contribution is -2.09. The highest BCUT2D eigenvalue weighted by Crippen LogP contribution is 2.34. The number of rotatable bonds is 1. The smallest absolute Gasteiger partial charge is 0.397 e. The number of aromatic nitrogens is 1. The highest BCUT2D eigenvalue weighted by molar-refractivity contribution is 5.72. The Morgan fingerprint density at radius 3 is 1.81 bits per heavy atom. The molecular formula is C13H8F6N2. The Hall–Kier alpha value is -2.25. The van der Waals surface area contributed by atoms with Crippen molar-refractivity contribution in [1.82, 2.24) is 4.98 Å². The van der Waals surface area contributed by atoms with Crippen molar-refractivity contribution in [3.63, 3.8) is 0 Å². The van der Waals surface area contributed by atoms with E-state index in [1.807, 2.05) is 0 Å². The molecule has 1 aromatic carbocycles. The third kappa shape index (κ3) is 3.26. The Bertz CT molecular complexity index is 643. The molecule has 2 aromatic rings. The van der Waals surface area contributed by atoms with Crippen LogP contribution in [-0.2, 0) is 12.4 Å². The minimum atomic E-state index is -4.66. The summed E-state index contributed by atoms with van der Waals surface area (Å²) in [6, 6.07) is 5.31. The van der Waals surface area contributed by atoms with Crippen molar-refractivity contribution >= 4 is 5.69 Å². The molecule has 1 heterocycles. The van der Waals surface area contributed by atoms with Crippen molar-refractivity contribution in [2.75, 3.05) is 5.73 Å². The summed E-state index contributed by atoms with van der Waals surface area (Å²) < 4.78 is 75.0. The molecule has 2 N–H and O–H groups in total. The standard InChI is InChI=1S/C13H8F6N2/c14-12(15,16)8-3-1-7(2-4-8)11-9(20)5-6-10(21-11)13(17,18)19/h1-6H,20H2. The third-order valence-corrected chi connectivity index (χ3v) is 2.70. The van der Waals surface area contributed by atoms with Gasteiger partial charge in [-0.15, -0.1) is 0 Å². The number of nitrogens with zero attached hydrogens (tertiary/aromatic N) is 1. The second kappa shape index (κ2) is 4.94. The fraction of sp³-hybridized carbons (Fsp3) is 0.154. The highest BCUT2D eigenvalue weighted by Gasteiger charge is 2.33. The molecule has 0 atom stereocenters. The lowest BCUT2D eigenvalue weighted by molar-refractivity contribution is -0.141. The van der Waals surface area contributed by atoms with Gasteiger partial charge in [0.1, 0.15) is 5.69 Å². The molecule has 2 rings (SSSR count).